The van der Waals surface area contributed by atoms with E-state index in [0.717, 1.165) is 37.9 Å². The van der Waals surface area contributed by atoms with Crippen LogP contribution in [0.4, 0.5) is 5.82 Å². The highest BCUT2D eigenvalue weighted by Gasteiger charge is 2.20. The van der Waals surface area contributed by atoms with Gasteiger partial charge < -0.3 is 10.2 Å². The van der Waals surface area contributed by atoms with Crippen molar-refractivity contribution in [2.75, 3.05) is 31.1 Å². The lowest BCUT2D eigenvalue weighted by Crippen LogP contribution is -2.40. The fourth-order valence-electron chi connectivity index (χ4n) is 2.39. The molecule has 4 nitrogen and oxygen atoms in total. The van der Waals surface area contributed by atoms with Gasteiger partial charge in [0.1, 0.15) is 0 Å². The summed E-state index contributed by atoms with van der Waals surface area (Å²) in [5.74, 6) is 1.78. The molecule has 4 heteroatoms. The van der Waals surface area contributed by atoms with Crippen LogP contribution in [-0.4, -0.2) is 36.4 Å². The predicted octanol–water partition coefficient (Wildman–Crippen LogP) is 1.61. The Morgan fingerprint density at radius 1 is 1.53 bits per heavy atom. The molecule has 2 heterocycles. The maximum absolute atomic E-state index is 4.23. The van der Waals surface area contributed by atoms with Crippen molar-refractivity contribution < 1.29 is 0 Å². The fourth-order valence-corrected chi connectivity index (χ4v) is 2.39. The first kappa shape index (κ1) is 12.3. The molecule has 1 N–H and O–H groups in total. The SMILES string of the molecule is CCNCC1CCCN(c2cc(C)cnn2)C1. The Hall–Kier alpha value is -1.16. The van der Waals surface area contributed by atoms with E-state index < -0.39 is 0 Å². The van der Waals surface area contributed by atoms with Gasteiger partial charge in [-0.3, -0.25) is 0 Å². The first-order valence-electron chi connectivity index (χ1n) is 6.54. The summed E-state index contributed by atoms with van der Waals surface area (Å²) in [7, 11) is 0. The van der Waals surface area contributed by atoms with E-state index in [-0.39, 0.29) is 0 Å². The van der Waals surface area contributed by atoms with E-state index in [0.29, 0.717) is 0 Å². The summed E-state index contributed by atoms with van der Waals surface area (Å²) in [5.41, 5.74) is 1.18. The molecule has 1 aromatic heterocycles. The van der Waals surface area contributed by atoms with E-state index in [1.54, 1.807) is 0 Å². The Morgan fingerprint density at radius 2 is 2.41 bits per heavy atom. The average molecular weight is 234 g/mol. The molecule has 2 rings (SSSR count). The number of piperidine rings is 1. The molecule has 1 atom stereocenters. The van der Waals surface area contributed by atoms with Crippen molar-refractivity contribution >= 4 is 5.82 Å². The second-order valence-corrected chi connectivity index (χ2v) is 4.85. The number of anilines is 1. The predicted molar refractivity (Wildman–Crippen MR) is 70.2 cm³/mol. The van der Waals surface area contributed by atoms with Crippen molar-refractivity contribution in [3.05, 3.63) is 17.8 Å². The van der Waals surface area contributed by atoms with Crippen molar-refractivity contribution in [1.29, 1.82) is 0 Å². The summed E-state index contributed by atoms with van der Waals surface area (Å²) < 4.78 is 0. The van der Waals surface area contributed by atoms with Gasteiger partial charge in [-0.2, -0.15) is 5.10 Å². The van der Waals surface area contributed by atoms with E-state index >= 15 is 0 Å². The molecule has 94 valence electrons. The van der Waals surface area contributed by atoms with Crippen molar-refractivity contribution in [3.63, 3.8) is 0 Å². The zero-order valence-corrected chi connectivity index (χ0v) is 10.8. The first-order chi connectivity index (χ1) is 8.29. The molecule has 0 aromatic carbocycles. The van der Waals surface area contributed by atoms with Gasteiger partial charge in [0.2, 0.25) is 0 Å². The zero-order chi connectivity index (χ0) is 12.1. The van der Waals surface area contributed by atoms with E-state index in [2.05, 4.69) is 40.3 Å². The minimum absolute atomic E-state index is 0.742. The topological polar surface area (TPSA) is 41.0 Å². The lowest BCUT2D eigenvalue weighted by molar-refractivity contribution is 0.393. The lowest BCUT2D eigenvalue weighted by Gasteiger charge is -2.33. The standard InChI is InChI=1S/C13H22N4/c1-3-14-9-12-5-4-6-17(10-12)13-7-11(2)8-15-16-13/h7-8,12,14H,3-6,9-10H2,1-2H3. The van der Waals surface area contributed by atoms with Crippen LogP contribution in [0.15, 0.2) is 12.3 Å². The number of hydrogen-bond donors (Lipinski definition) is 1. The number of aromatic nitrogens is 2. The molecular weight excluding hydrogens is 212 g/mol. The van der Waals surface area contributed by atoms with Gasteiger partial charge >= 0.3 is 0 Å². The quantitative estimate of drug-likeness (QED) is 0.859. The summed E-state index contributed by atoms with van der Waals surface area (Å²) in [4.78, 5) is 2.37. The van der Waals surface area contributed by atoms with Crippen molar-refractivity contribution in [1.82, 2.24) is 15.5 Å². The minimum Gasteiger partial charge on any atom is -0.355 e. The summed E-state index contributed by atoms with van der Waals surface area (Å²) in [6, 6.07) is 2.13. The highest BCUT2D eigenvalue weighted by Crippen LogP contribution is 2.21. The Kier molecular flexibility index (Phi) is 4.31. The van der Waals surface area contributed by atoms with E-state index in [4.69, 9.17) is 0 Å². The molecule has 1 aliphatic rings. The van der Waals surface area contributed by atoms with Gasteiger partial charge in [-0.1, -0.05) is 6.92 Å². The van der Waals surface area contributed by atoms with Crippen LogP contribution in [0, 0.1) is 12.8 Å². The van der Waals surface area contributed by atoms with Crippen LogP contribution in [0.3, 0.4) is 0 Å². The molecule has 17 heavy (non-hydrogen) atoms. The van der Waals surface area contributed by atoms with Crippen LogP contribution in [0.5, 0.6) is 0 Å². The molecule has 1 fully saturated rings. The number of nitrogens with zero attached hydrogens (tertiary/aromatic N) is 3. The summed E-state index contributed by atoms with van der Waals surface area (Å²) in [6.45, 7) is 8.61. The summed E-state index contributed by atoms with van der Waals surface area (Å²) in [6.07, 6.45) is 4.39. The van der Waals surface area contributed by atoms with Gasteiger partial charge in [0.25, 0.3) is 0 Å². The number of nitrogens with one attached hydrogen (secondary N) is 1. The number of hydrogen-bond acceptors (Lipinski definition) is 4. The zero-order valence-electron chi connectivity index (χ0n) is 10.8. The van der Waals surface area contributed by atoms with Gasteiger partial charge in [0.15, 0.2) is 5.82 Å². The van der Waals surface area contributed by atoms with Crippen molar-refractivity contribution in [3.8, 4) is 0 Å². The Labute approximate surface area is 103 Å². The van der Waals surface area contributed by atoms with Gasteiger partial charge in [-0.05, 0) is 50.4 Å². The van der Waals surface area contributed by atoms with Crippen molar-refractivity contribution in [2.24, 2.45) is 5.92 Å². The molecule has 0 bridgehead atoms. The van der Waals surface area contributed by atoms with Crippen LogP contribution in [0.1, 0.15) is 25.3 Å². The largest absolute Gasteiger partial charge is 0.355 e. The van der Waals surface area contributed by atoms with Gasteiger partial charge in [0.05, 0.1) is 6.20 Å². The second-order valence-electron chi connectivity index (χ2n) is 4.85. The average Bonchev–Trinajstić information content (AvgIpc) is 2.37. The molecule has 1 aromatic rings. The van der Waals surface area contributed by atoms with E-state index in [1.165, 1.54) is 18.4 Å². The Balaban J connectivity index is 1.97. The van der Waals surface area contributed by atoms with Crippen LogP contribution in [0.2, 0.25) is 0 Å². The minimum atomic E-state index is 0.742. The molecule has 0 aliphatic carbocycles. The number of rotatable bonds is 4. The second kappa shape index (κ2) is 5.96. The molecule has 0 radical (unpaired) electrons. The Morgan fingerprint density at radius 3 is 3.18 bits per heavy atom. The molecule has 0 amide bonds. The van der Waals surface area contributed by atoms with E-state index in [9.17, 15) is 0 Å². The van der Waals surface area contributed by atoms with Gasteiger partial charge in [0, 0.05) is 13.1 Å². The summed E-state index contributed by atoms with van der Waals surface area (Å²) in [5, 5.41) is 11.7. The monoisotopic (exact) mass is 234 g/mol. The fraction of sp³-hybridized carbons (Fsp3) is 0.692. The Bertz CT molecular complexity index is 353. The van der Waals surface area contributed by atoms with Gasteiger partial charge in [-0.15, -0.1) is 5.10 Å². The molecule has 1 aliphatic heterocycles. The summed E-state index contributed by atoms with van der Waals surface area (Å²) >= 11 is 0. The third kappa shape index (κ3) is 3.40. The van der Waals surface area contributed by atoms with Crippen LogP contribution in [-0.2, 0) is 0 Å². The van der Waals surface area contributed by atoms with Crippen LogP contribution >= 0.6 is 0 Å². The van der Waals surface area contributed by atoms with Gasteiger partial charge in [-0.25, -0.2) is 0 Å². The van der Waals surface area contributed by atoms with Crippen LogP contribution in [0.25, 0.3) is 0 Å². The molecule has 1 unspecified atom stereocenters. The molecule has 1 saturated heterocycles. The van der Waals surface area contributed by atoms with Crippen molar-refractivity contribution in [2.45, 2.75) is 26.7 Å². The normalized spacial score (nSPS) is 20.6. The lowest BCUT2D eigenvalue weighted by atomic mass is 9.98. The smallest absolute Gasteiger partial charge is 0.151 e. The third-order valence-electron chi connectivity index (χ3n) is 3.30. The molecular formula is C13H22N4. The number of aryl methyl sites for hydroxylation is 1. The van der Waals surface area contributed by atoms with E-state index in [1.807, 2.05) is 6.20 Å². The third-order valence-corrected chi connectivity index (χ3v) is 3.30. The highest BCUT2D eigenvalue weighted by molar-refractivity contribution is 5.39. The molecule has 0 saturated carbocycles. The highest BCUT2D eigenvalue weighted by atomic mass is 15.3. The maximum atomic E-state index is 4.23. The first-order valence-corrected chi connectivity index (χ1v) is 6.54. The maximum Gasteiger partial charge on any atom is 0.151 e. The molecule has 0 spiro atoms. The van der Waals surface area contributed by atoms with Crippen LogP contribution < -0.4 is 10.2 Å².